The van der Waals surface area contributed by atoms with Crippen LogP contribution in [0.1, 0.15) is 16.7 Å². The maximum Gasteiger partial charge on any atom is 0.380 e. The van der Waals surface area contributed by atoms with Gasteiger partial charge in [-0.05, 0) is 34.0 Å². The number of rotatable bonds is 1. The predicted molar refractivity (Wildman–Crippen MR) is 104 cm³/mol. The van der Waals surface area contributed by atoms with Crippen LogP contribution in [0.25, 0.3) is 32.7 Å². The highest BCUT2D eigenvalue weighted by Crippen LogP contribution is 2.65. The molecule has 1 aliphatic carbocycles. The SMILES string of the molecule is Cc1c2ccccc2c(-c2c(F)c(F)c3c(c2F)C(F)(F)C(F)(F)C3(F)F)c2ccccc12. The van der Waals surface area contributed by atoms with E-state index in [9.17, 15) is 30.7 Å². The third kappa shape index (κ3) is 2.40. The lowest BCUT2D eigenvalue weighted by Crippen LogP contribution is -2.43. The molecule has 170 valence electrons. The van der Waals surface area contributed by atoms with Gasteiger partial charge in [0.05, 0.1) is 16.7 Å². The van der Waals surface area contributed by atoms with E-state index in [1.165, 1.54) is 24.3 Å². The number of alkyl halides is 6. The van der Waals surface area contributed by atoms with E-state index in [1.807, 2.05) is 0 Å². The Balaban J connectivity index is 2.04. The first-order chi connectivity index (χ1) is 15.4. The summed E-state index contributed by atoms with van der Waals surface area (Å²) in [5, 5.41) is 1.05. The van der Waals surface area contributed by atoms with Crippen molar-refractivity contribution < 1.29 is 39.5 Å². The van der Waals surface area contributed by atoms with E-state index in [0.29, 0.717) is 16.3 Å². The highest BCUT2D eigenvalue weighted by Gasteiger charge is 2.81. The molecule has 33 heavy (non-hydrogen) atoms. The Morgan fingerprint density at radius 1 is 0.515 bits per heavy atom. The Morgan fingerprint density at radius 3 is 1.36 bits per heavy atom. The molecule has 0 nitrogen and oxygen atoms in total. The van der Waals surface area contributed by atoms with Crippen LogP contribution in [0.3, 0.4) is 0 Å². The fourth-order valence-electron chi connectivity index (χ4n) is 4.60. The van der Waals surface area contributed by atoms with E-state index in [2.05, 4.69) is 0 Å². The Kier molecular flexibility index (Phi) is 4.21. The summed E-state index contributed by atoms with van der Waals surface area (Å²) in [7, 11) is 0. The zero-order valence-electron chi connectivity index (χ0n) is 16.5. The second-order valence-electron chi connectivity index (χ2n) is 7.88. The first kappa shape index (κ1) is 21.6. The van der Waals surface area contributed by atoms with Crippen LogP contribution in [0.5, 0.6) is 0 Å². The number of benzene rings is 4. The van der Waals surface area contributed by atoms with Crippen molar-refractivity contribution in [2.24, 2.45) is 0 Å². The molecule has 4 aromatic rings. The highest BCUT2D eigenvalue weighted by atomic mass is 19.3. The lowest BCUT2D eigenvalue weighted by molar-refractivity contribution is -0.303. The van der Waals surface area contributed by atoms with Crippen LogP contribution >= 0.6 is 0 Å². The summed E-state index contributed by atoms with van der Waals surface area (Å²) in [4.78, 5) is 0. The fourth-order valence-corrected chi connectivity index (χ4v) is 4.60. The van der Waals surface area contributed by atoms with Gasteiger partial charge in [-0.1, -0.05) is 48.5 Å². The van der Waals surface area contributed by atoms with E-state index in [0.717, 1.165) is 0 Å². The molecule has 1 aliphatic rings. The number of hydrogen-bond donors (Lipinski definition) is 0. The van der Waals surface area contributed by atoms with Gasteiger partial charge in [0.2, 0.25) is 0 Å². The van der Waals surface area contributed by atoms with Crippen LogP contribution in [0.2, 0.25) is 0 Å². The minimum Gasteiger partial charge on any atom is -0.206 e. The fraction of sp³-hybridized carbons (Fsp3) is 0.167. The van der Waals surface area contributed by atoms with Gasteiger partial charge < -0.3 is 0 Å². The molecule has 0 amide bonds. The number of fused-ring (bicyclic) bond motifs is 3. The van der Waals surface area contributed by atoms with E-state index in [4.69, 9.17) is 0 Å². The molecular weight excluding hydrogens is 459 g/mol. The Labute approximate surface area is 180 Å². The lowest BCUT2D eigenvalue weighted by atomic mass is 9.87. The molecule has 5 rings (SSSR count). The largest absolute Gasteiger partial charge is 0.380 e. The van der Waals surface area contributed by atoms with Crippen molar-refractivity contribution in [3.8, 4) is 11.1 Å². The van der Waals surface area contributed by atoms with Gasteiger partial charge in [0, 0.05) is 5.56 Å². The Hall–Kier alpha value is -3.23. The zero-order valence-corrected chi connectivity index (χ0v) is 16.5. The number of halogens is 9. The second kappa shape index (κ2) is 6.42. The molecule has 0 radical (unpaired) electrons. The van der Waals surface area contributed by atoms with E-state index < -0.39 is 57.5 Å². The third-order valence-electron chi connectivity index (χ3n) is 6.19. The molecule has 0 saturated heterocycles. The quantitative estimate of drug-likeness (QED) is 0.149. The van der Waals surface area contributed by atoms with Crippen molar-refractivity contribution in [3.63, 3.8) is 0 Å². The van der Waals surface area contributed by atoms with Crippen LogP contribution in [-0.4, -0.2) is 5.92 Å². The summed E-state index contributed by atoms with van der Waals surface area (Å²) in [6.07, 6.45) is 0. The van der Waals surface area contributed by atoms with Gasteiger partial charge in [-0.15, -0.1) is 0 Å². The smallest absolute Gasteiger partial charge is 0.206 e. The van der Waals surface area contributed by atoms with Crippen LogP contribution in [0.15, 0.2) is 48.5 Å². The van der Waals surface area contributed by atoms with Crippen LogP contribution in [0, 0.1) is 24.4 Å². The first-order valence-corrected chi connectivity index (χ1v) is 9.61. The zero-order chi connectivity index (χ0) is 24.1. The van der Waals surface area contributed by atoms with Gasteiger partial charge >= 0.3 is 17.8 Å². The molecule has 0 unspecified atom stereocenters. The number of hydrogen-bond acceptors (Lipinski definition) is 0. The average Bonchev–Trinajstić information content (AvgIpc) is 2.88. The molecule has 0 heterocycles. The van der Waals surface area contributed by atoms with Crippen molar-refractivity contribution in [2.75, 3.05) is 0 Å². The van der Waals surface area contributed by atoms with E-state index in [-0.39, 0.29) is 10.8 Å². The maximum atomic E-state index is 15.5. The molecule has 0 spiro atoms. The minimum absolute atomic E-state index is 0.102. The monoisotopic (exact) mass is 470 g/mol. The molecular formula is C24H11F9. The first-order valence-electron chi connectivity index (χ1n) is 9.61. The minimum atomic E-state index is -6.16. The molecule has 0 aromatic heterocycles. The van der Waals surface area contributed by atoms with Crippen molar-refractivity contribution in [1.82, 2.24) is 0 Å². The summed E-state index contributed by atoms with van der Waals surface area (Å²) in [6, 6.07) is 12.0. The third-order valence-corrected chi connectivity index (χ3v) is 6.19. The van der Waals surface area contributed by atoms with Crippen LogP contribution < -0.4 is 0 Å². The van der Waals surface area contributed by atoms with Crippen molar-refractivity contribution in [1.29, 1.82) is 0 Å². The Bertz CT molecular complexity index is 1430. The van der Waals surface area contributed by atoms with Gasteiger partial charge in [-0.2, -0.15) is 26.3 Å². The lowest BCUT2D eigenvalue weighted by Gasteiger charge is -2.23. The summed E-state index contributed by atoms with van der Waals surface area (Å²) >= 11 is 0. The molecule has 4 aromatic carbocycles. The van der Waals surface area contributed by atoms with Crippen LogP contribution in [0.4, 0.5) is 39.5 Å². The van der Waals surface area contributed by atoms with E-state index in [1.54, 1.807) is 31.2 Å². The predicted octanol–water partition coefficient (Wildman–Crippen LogP) is 8.22. The molecule has 0 saturated carbocycles. The normalized spacial score (nSPS) is 18.1. The van der Waals surface area contributed by atoms with Gasteiger partial charge in [0.25, 0.3) is 0 Å². The Morgan fingerprint density at radius 2 is 0.909 bits per heavy atom. The molecule has 0 aliphatic heterocycles. The van der Waals surface area contributed by atoms with E-state index >= 15 is 8.78 Å². The van der Waals surface area contributed by atoms with Gasteiger partial charge in [0.1, 0.15) is 5.82 Å². The topological polar surface area (TPSA) is 0 Å². The highest BCUT2D eigenvalue weighted by molar-refractivity contribution is 6.15. The summed E-state index contributed by atoms with van der Waals surface area (Å²) in [6.45, 7) is 1.69. The molecule has 9 heteroatoms. The van der Waals surface area contributed by atoms with Crippen LogP contribution in [-0.2, 0) is 11.8 Å². The van der Waals surface area contributed by atoms with Crippen molar-refractivity contribution in [3.05, 3.63) is 82.7 Å². The molecule has 0 fully saturated rings. The summed E-state index contributed by atoms with van der Waals surface area (Å²) in [5.41, 5.74) is -6.38. The number of aryl methyl sites for hydroxylation is 1. The van der Waals surface area contributed by atoms with Gasteiger partial charge in [0.15, 0.2) is 11.6 Å². The van der Waals surface area contributed by atoms with Gasteiger partial charge in [-0.3, -0.25) is 0 Å². The standard InChI is InChI=1S/C24H11F9/c1-10-11-6-2-4-8-13(11)15(14-9-5-3-7-12(10)14)16-19(25)17-18(21(27)20(16)26)23(30,31)24(32,33)22(17,28)29/h2-9H,1H3. The van der Waals surface area contributed by atoms with Crippen molar-refractivity contribution >= 4 is 21.5 Å². The molecule has 0 N–H and O–H groups in total. The average molecular weight is 470 g/mol. The maximum absolute atomic E-state index is 15.5. The van der Waals surface area contributed by atoms with Gasteiger partial charge in [-0.25, -0.2) is 13.2 Å². The molecule has 0 bridgehead atoms. The molecule has 0 atom stereocenters. The summed E-state index contributed by atoms with van der Waals surface area (Å²) < 4.78 is 130. The van der Waals surface area contributed by atoms with Crippen molar-refractivity contribution in [2.45, 2.75) is 24.7 Å². The summed E-state index contributed by atoms with van der Waals surface area (Å²) in [5.74, 6) is -25.0. The second-order valence-corrected chi connectivity index (χ2v) is 7.88.